The molecule has 0 atom stereocenters. The van der Waals surface area contributed by atoms with E-state index in [2.05, 4.69) is 9.98 Å². The van der Waals surface area contributed by atoms with E-state index in [1.807, 2.05) is 0 Å². The monoisotopic (exact) mass is 332 g/mol. The van der Waals surface area contributed by atoms with E-state index in [1.54, 1.807) is 0 Å². The van der Waals surface area contributed by atoms with Crippen molar-refractivity contribution in [1.82, 2.24) is 0 Å². The van der Waals surface area contributed by atoms with Crippen molar-refractivity contribution < 1.29 is 35.9 Å². The molecule has 0 saturated carbocycles. The highest BCUT2D eigenvalue weighted by Crippen LogP contribution is 2.18. The van der Waals surface area contributed by atoms with Crippen molar-refractivity contribution in [3.05, 3.63) is 0 Å². The van der Waals surface area contributed by atoms with E-state index in [1.165, 1.54) is 13.8 Å². The maximum atomic E-state index is 12.0. The van der Waals surface area contributed by atoms with Crippen molar-refractivity contribution >= 4 is 23.0 Å². The molecule has 0 aromatic rings. The van der Waals surface area contributed by atoms with Crippen molar-refractivity contribution in [2.24, 2.45) is 9.98 Å². The number of aliphatic imine (C=N–C) groups is 2. The number of hydrogen-bond acceptors (Lipinski definition) is 4. The summed E-state index contributed by atoms with van der Waals surface area (Å²) in [7, 11) is 0. The van der Waals surface area contributed by atoms with Gasteiger partial charge in [-0.25, -0.2) is 0 Å². The van der Waals surface area contributed by atoms with E-state index in [-0.39, 0.29) is 24.5 Å². The molecule has 0 unspecified atom stereocenters. The van der Waals surface area contributed by atoms with Gasteiger partial charge in [0.15, 0.2) is 0 Å². The SMILES string of the molecule is CC(CC(=O)C(F)(F)F)=NCCN=C(C)CC(=O)C(F)(F)F. The lowest BCUT2D eigenvalue weighted by molar-refractivity contribution is -0.169. The quantitative estimate of drug-likeness (QED) is 0.409. The summed E-state index contributed by atoms with van der Waals surface area (Å²) in [5.74, 6) is -3.85. The van der Waals surface area contributed by atoms with Gasteiger partial charge in [0.1, 0.15) is 0 Å². The molecule has 0 bridgehead atoms. The fourth-order valence-corrected chi connectivity index (χ4v) is 1.26. The van der Waals surface area contributed by atoms with Crippen LogP contribution in [0, 0.1) is 0 Å². The molecule has 0 amide bonds. The molecule has 4 nitrogen and oxygen atoms in total. The number of halogens is 6. The Morgan fingerprint density at radius 2 is 1.00 bits per heavy atom. The second-order valence-electron chi connectivity index (χ2n) is 4.43. The van der Waals surface area contributed by atoms with Crippen LogP contribution in [0.4, 0.5) is 26.3 Å². The van der Waals surface area contributed by atoms with Gasteiger partial charge < -0.3 is 0 Å². The van der Waals surface area contributed by atoms with Crippen LogP contribution in [-0.2, 0) is 9.59 Å². The first-order chi connectivity index (χ1) is 9.84. The molecule has 0 rings (SSSR count). The average Bonchev–Trinajstić information content (AvgIpc) is 2.32. The van der Waals surface area contributed by atoms with Crippen LogP contribution < -0.4 is 0 Å². The zero-order chi connectivity index (χ0) is 17.6. The summed E-state index contributed by atoms with van der Waals surface area (Å²) < 4.78 is 71.8. The molecule has 126 valence electrons. The number of carbonyl (C=O) groups excluding carboxylic acids is 2. The van der Waals surface area contributed by atoms with Crippen molar-refractivity contribution in [2.75, 3.05) is 13.1 Å². The van der Waals surface area contributed by atoms with Gasteiger partial charge in [-0.05, 0) is 13.8 Å². The Balaban J connectivity index is 4.30. The number of ketones is 2. The predicted octanol–water partition coefficient (Wildman–Crippen LogP) is 2.95. The van der Waals surface area contributed by atoms with E-state index in [0.29, 0.717) is 0 Å². The van der Waals surface area contributed by atoms with Crippen molar-refractivity contribution in [2.45, 2.75) is 39.0 Å². The van der Waals surface area contributed by atoms with E-state index in [4.69, 9.17) is 0 Å². The highest BCUT2D eigenvalue weighted by Gasteiger charge is 2.38. The summed E-state index contributed by atoms with van der Waals surface area (Å²) in [6, 6.07) is 0. The van der Waals surface area contributed by atoms with Crippen molar-refractivity contribution in [1.29, 1.82) is 0 Å². The standard InChI is InChI=1S/C12H14F6N2O2/c1-7(5-9(21)11(13,14)15)19-3-4-20-8(2)6-10(22)12(16,17)18/h3-6H2,1-2H3. The van der Waals surface area contributed by atoms with Crippen LogP contribution in [0.1, 0.15) is 26.7 Å². The molecule has 0 aromatic carbocycles. The van der Waals surface area contributed by atoms with Crippen LogP contribution in [0.2, 0.25) is 0 Å². The van der Waals surface area contributed by atoms with Gasteiger partial charge >= 0.3 is 12.4 Å². The third kappa shape index (κ3) is 8.53. The molecule has 0 aliphatic carbocycles. The Kier molecular flexibility index (Phi) is 7.41. The lowest BCUT2D eigenvalue weighted by atomic mass is 10.2. The Labute approximate surface area is 122 Å². The first-order valence-electron chi connectivity index (χ1n) is 6.04. The first kappa shape index (κ1) is 20.3. The van der Waals surface area contributed by atoms with Crippen LogP contribution in [0.5, 0.6) is 0 Å². The molecular formula is C12H14F6N2O2. The Morgan fingerprint density at radius 3 is 1.23 bits per heavy atom. The number of nitrogens with zero attached hydrogens (tertiary/aromatic N) is 2. The molecule has 0 fully saturated rings. The Hall–Kier alpha value is -1.74. The number of carbonyl (C=O) groups is 2. The van der Waals surface area contributed by atoms with Gasteiger partial charge in [-0.3, -0.25) is 19.6 Å². The summed E-state index contributed by atoms with van der Waals surface area (Å²) in [6.07, 6.45) is -11.6. The fraction of sp³-hybridized carbons (Fsp3) is 0.667. The van der Waals surface area contributed by atoms with Gasteiger partial charge in [0.25, 0.3) is 0 Å². The molecule has 10 heteroatoms. The summed E-state index contributed by atoms with van der Waals surface area (Å²) in [6.45, 7) is 2.28. The smallest absolute Gasteiger partial charge is 0.292 e. The minimum absolute atomic E-state index is 0.0541. The summed E-state index contributed by atoms with van der Waals surface area (Å²) in [4.78, 5) is 28.6. The molecule has 0 aliphatic heterocycles. The summed E-state index contributed by atoms with van der Waals surface area (Å²) in [5.41, 5.74) is -0.108. The first-order valence-corrected chi connectivity index (χ1v) is 6.04. The van der Waals surface area contributed by atoms with E-state index in [0.717, 1.165) is 0 Å². The molecule has 0 N–H and O–H groups in total. The van der Waals surface area contributed by atoms with Crippen LogP contribution in [0.15, 0.2) is 9.98 Å². The normalized spacial score (nSPS) is 14.2. The number of hydrogen-bond donors (Lipinski definition) is 0. The number of alkyl halides is 6. The highest BCUT2D eigenvalue weighted by molar-refractivity contribution is 6.03. The molecule has 22 heavy (non-hydrogen) atoms. The molecular weight excluding hydrogens is 318 g/mol. The average molecular weight is 332 g/mol. The van der Waals surface area contributed by atoms with Gasteiger partial charge in [0.2, 0.25) is 11.6 Å². The van der Waals surface area contributed by atoms with Gasteiger partial charge in [-0.15, -0.1) is 0 Å². The zero-order valence-corrected chi connectivity index (χ0v) is 11.8. The van der Waals surface area contributed by atoms with Crippen molar-refractivity contribution in [3.63, 3.8) is 0 Å². The van der Waals surface area contributed by atoms with Crippen LogP contribution in [-0.4, -0.2) is 48.4 Å². The lowest BCUT2D eigenvalue weighted by Gasteiger charge is -2.05. The molecule has 0 spiro atoms. The number of rotatable bonds is 7. The minimum atomic E-state index is -4.93. The van der Waals surface area contributed by atoms with Gasteiger partial charge in [-0.2, -0.15) is 26.3 Å². The maximum Gasteiger partial charge on any atom is 0.450 e. The Bertz CT molecular complexity index is 433. The van der Waals surface area contributed by atoms with E-state index >= 15 is 0 Å². The molecule has 0 aliphatic rings. The minimum Gasteiger partial charge on any atom is -0.292 e. The van der Waals surface area contributed by atoms with Crippen molar-refractivity contribution in [3.8, 4) is 0 Å². The topological polar surface area (TPSA) is 58.9 Å². The fourth-order valence-electron chi connectivity index (χ4n) is 1.26. The second kappa shape index (κ2) is 8.04. The van der Waals surface area contributed by atoms with Gasteiger partial charge in [0, 0.05) is 11.4 Å². The predicted molar refractivity (Wildman–Crippen MR) is 67.3 cm³/mol. The third-order valence-electron chi connectivity index (χ3n) is 2.33. The highest BCUT2D eigenvalue weighted by atomic mass is 19.4. The summed E-state index contributed by atoms with van der Waals surface area (Å²) >= 11 is 0. The molecule has 0 heterocycles. The van der Waals surface area contributed by atoms with E-state index < -0.39 is 36.8 Å². The summed E-state index contributed by atoms with van der Waals surface area (Å²) in [5, 5.41) is 0. The molecule has 0 aromatic heterocycles. The van der Waals surface area contributed by atoms with Gasteiger partial charge in [0.05, 0.1) is 25.9 Å². The molecule has 0 radical (unpaired) electrons. The largest absolute Gasteiger partial charge is 0.450 e. The Morgan fingerprint density at radius 1 is 0.727 bits per heavy atom. The number of Topliss-reactive ketones (excluding diaryl/α,β-unsaturated/α-hetero) is 2. The van der Waals surface area contributed by atoms with Gasteiger partial charge in [-0.1, -0.05) is 0 Å². The third-order valence-corrected chi connectivity index (χ3v) is 2.33. The zero-order valence-electron chi connectivity index (χ0n) is 11.8. The molecule has 0 saturated heterocycles. The second-order valence-corrected chi connectivity index (χ2v) is 4.43. The maximum absolute atomic E-state index is 12.0. The van der Waals surface area contributed by atoms with Crippen LogP contribution in [0.3, 0.4) is 0 Å². The van der Waals surface area contributed by atoms with Crippen LogP contribution in [0.25, 0.3) is 0 Å². The lowest BCUT2D eigenvalue weighted by Crippen LogP contribution is -2.25. The van der Waals surface area contributed by atoms with E-state index in [9.17, 15) is 35.9 Å². The van der Waals surface area contributed by atoms with Crippen LogP contribution >= 0.6 is 0 Å².